The second kappa shape index (κ2) is 11.9. The van der Waals surface area contributed by atoms with Gasteiger partial charge < -0.3 is 9.47 Å². The maximum Gasteiger partial charge on any atom is 0.306 e. The fourth-order valence-corrected chi connectivity index (χ4v) is 1.22. The summed E-state index contributed by atoms with van der Waals surface area (Å²) in [4.78, 5) is 22.2. The Labute approximate surface area is 109 Å². The fraction of sp³-hybridized carbons (Fsp3) is 0.571. The standard InChI is InChI=1S/C14H22O4/c1-3-5-6-7-8-9-12-18-14(16)11-10-13(15)17-4-2/h3,8-9H,1,4-7,10-12H2,2H3. The summed E-state index contributed by atoms with van der Waals surface area (Å²) in [5.41, 5.74) is 0. The van der Waals surface area contributed by atoms with Crippen molar-refractivity contribution in [2.75, 3.05) is 13.2 Å². The van der Waals surface area contributed by atoms with Gasteiger partial charge in [0.2, 0.25) is 0 Å². The van der Waals surface area contributed by atoms with Crippen LogP contribution in [0.5, 0.6) is 0 Å². The Bertz CT molecular complexity index is 282. The van der Waals surface area contributed by atoms with Crippen LogP contribution in [-0.4, -0.2) is 25.2 Å². The molecule has 0 saturated heterocycles. The van der Waals surface area contributed by atoms with E-state index in [9.17, 15) is 9.59 Å². The average molecular weight is 254 g/mol. The van der Waals surface area contributed by atoms with Gasteiger partial charge in [-0.15, -0.1) is 6.58 Å². The molecule has 0 aliphatic heterocycles. The van der Waals surface area contributed by atoms with E-state index in [4.69, 9.17) is 9.47 Å². The molecule has 0 aromatic heterocycles. The zero-order valence-electron chi connectivity index (χ0n) is 11.0. The third-order valence-electron chi connectivity index (χ3n) is 2.12. The Morgan fingerprint density at radius 3 is 2.33 bits per heavy atom. The highest BCUT2D eigenvalue weighted by molar-refractivity contribution is 5.77. The first-order valence-corrected chi connectivity index (χ1v) is 6.27. The number of ether oxygens (including phenoxy) is 2. The number of carbonyl (C=O) groups is 2. The summed E-state index contributed by atoms with van der Waals surface area (Å²) in [6.07, 6.45) is 8.81. The molecule has 0 amide bonds. The Balaban J connectivity index is 3.47. The molecule has 18 heavy (non-hydrogen) atoms. The minimum absolute atomic E-state index is 0.0726. The van der Waals surface area contributed by atoms with Crippen molar-refractivity contribution in [2.24, 2.45) is 0 Å². The third-order valence-corrected chi connectivity index (χ3v) is 2.12. The Morgan fingerprint density at radius 2 is 1.72 bits per heavy atom. The van der Waals surface area contributed by atoms with Gasteiger partial charge in [0.25, 0.3) is 0 Å². The number of hydrogen-bond acceptors (Lipinski definition) is 4. The predicted octanol–water partition coefficient (Wildman–Crippen LogP) is 2.79. The molecule has 0 aliphatic rings. The molecule has 4 nitrogen and oxygen atoms in total. The molecule has 0 atom stereocenters. The highest BCUT2D eigenvalue weighted by Gasteiger charge is 2.07. The number of allylic oxidation sites excluding steroid dienone is 2. The van der Waals surface area contributed by atoms with E-state index in [0.29, 0.717) is 6.61 Å². The van der Waals surface area contributed by atoms with E-state index in [1.54, 1.807) is 6.92 Å². The van der Waals surface area contributed by atoms with E-state index in [1.807, 2.05) is 18.2 Å². The minimum Gasteiger partial charge on any atom is -0.466 e. The summed E-state index contributed by atoms with van der Waals surface area (Å²) in [6, 6.07) is 0. The van der Waals surface area contributed by atoms with Gasteiger partial charge >= 0.3 is 11.9 Å². The Morgan fingerprint density at radius 1 is 1.06 bits per heavy atom. The van der Waals surface area contributed by atoms with Crippen molar-refractivity contribution in [2.45, 2.75) is 39.0 Å². The van der Waals surface area contributed by atoms with Crippen LogP contribution in [0.15, 0.2) is 24.8 Å². The fourth-order valence-electron chi connectivity index (χ4n) is 1.22. The topological polar surface area (TPSA) is 52.6 Å². The molecular formula is C14H22O4. The Kier molecular flexibility index (Phi) is 10.8. The monoisotopic (exact) mass is 254 g/mol. The van der Waals surface area contributed by atoms with E-state index in [-0.39, 0.29) is 31.4 Å². The lowest BCUT2D eigenvalue weighted by Gasteiger charge is -2.02. The summed E-state index contributed by atoms with van der Waals surface area (Å²) in [5.74, 6) is -0.742. The molecule has 102 valence electrons. The van der Waals surface area contributed by atoms with E-state index >= 15 is 0 Å². The quantitative estimate of drug-likeness (QED) is 0.342. The third kappa shape index (κ3) is 10.9. The lowest BCUT2D eigenvalue weighted by molar-refractivity contribution is -0.149. The largest absolute Gasteiger partial charge is 0.466 e. The van der Waals surface area contributed by atoms with Crippen LogP contribution < -0.4 is 0 Å². The lowest BCUT2D eigenvalue weighted by atomic mass is 10.2. The van der Waals surface area contributed by atoms with Gasteiger partial charge in [-0.25, -0.2) is 0 Å². The molecule has 0 spiro atoms. The summed E-state index contributed by atoms with van der Waals surface area (Å²) in [6.45, 7) is 5.96. The molecule has 0 bridgehead atoms. The van der Waals surface area contributed by atoms with Crippen LogP contribution in [0.3, 0.4) is 0 Å². The summed E-state index contributed by atoms with van der Waals surface area (Å²) >= 11 is 0. The molecule has 0 N–H and O–H groups in total. The van der Waals surface area contributed by atoms with E-state index in [2.05, 4.69) is 6.58 Å². The first-order valence-electron chi connectivity index (χ1n) is 6.27. The molecule has 0 heterocycles. The van der Waals surface area contributed by atoms with Crippen molar-refractivity contribution >= 4 is 11.9 Å². The van der Waals surface area contributed by atoms with Gasteiger partial charge in [0, 0.05) is 0 Å². The van der Waals surface area contributed by atoms with E-state index < -0.39 is 0 Å². The average Bonchev–Trinajstić information content (AvgIpc) is 2.35. The van der Waals surface area contributed by atoms with Crippen molar-refractivity contribution in [3.05, 3.63) is 24.8 Å². The maximum atomic E-state index is 11.2. The molecule has 0 aromatic rings. The van der Waals surface area contributed by atoms with Crippen LogP contribution in [0.2, 0.25) is 0 Å². The number of hydrogen-bond donors (Lipinski definition) is 0. The molecule has 0 fully saturated rings. The summed E-state index contributed by atoms with van der Waals surface area (Å²) < 4.78 is 9.63. The second-order valence-corrected chi connectivity index (χ2v) is 3.68. The second-order valence-electron chi connectivity index (χ2n) is 3.68. The van der Waals surface area contributed by atoms with Crippen molar-refractivity contribution in [1.29, 1.82) is 0 Å². The minimum atomic E-state index is -0.376. The van der Waals surface area contributed by atoms with Crippen LogP contribution in [-0.2, 0) is 19.1 Å². The van der Waals surface area contributed by atoms with Crippen LogP contribution >= 0.6 is 0 Å². The number of rotatable bonds is 10. The maximum absolute atomic E-state index is 11.2. The number of esters is 2. The highest BCUT2D eigenvalue weighted by Crippen LogP contribution is 1.98. The van der Waals surface area contributed by atoms with E-state index in [0.717, 1.165) is 19.3 Å². The van der Waals surface area contributed by atoms with Gasteiger partial charge in [-0.2, -0.15) is 0 Å². The SMILES string of the molecule is C=CCCCC=CCOC(=O)CCC(=O)OCC. The van der Waals surface area contributed by atoms with Crippen molar-refractivity contribution < 1.29 is 19.1 Å². The highest BCUT2D eigenvalue weighted by atomic mass is 16.5. The van der Waals surface area contributed by atoms with Crippen molar-refractivity contribution in [3.63, 3.8) is 0 Å². The predicted molar refractivity (Wildman–Crippen MR) is 70.0 cm³/mol. The lowest BCUT2D eigenvalue weighted by Crippen LogP contribution is -2.10. The van der Waals surface area contributed by atoms with Crippen LogP contribution in [0.25, 0.3) is 0 Å². The van der Waals surface area contributed by atoms with Gasteiger partial charge in [-0.3, -0.25) is 9.59 Å². The molecular weight excluding hydrogens is 232 g/mol. The summed E-state index contributed by atoms with van der Waals surface area (Å²) in [5, 5.41) is 0. The van der Waals surface area contributed by atoms with Gasteiger partial charge in [-0.05, 0) is 26.2 Å². The zero-order chi connectivity index (χ0) is 13.6. The molecule has 0 radical (unpaired) electrons. The first-order chi connectivity index (χ1) is 8.70. The Hall–Kier alpha value is -1.58. The van der Waals surface area contributed by atoms with Crippen LogP contribution in [0.1, 0.15) is 39.0 Å². The van der Waals surface area contributed by atoms with Crippen LogP contribution in [0, 0.1) is 0 Å². The number of carbonyl (C=O) groups excluding carboxylic acids is 2. The van der Waals surface area contributed by atoms with Gasteiger partial charge in [0.1, 0.15) is 6.61 Å². The van der Waals surface area contributed by atoms with Gasteiger partial charge in [-0.1, -0.05) is 18.2 Å². The number of unbranched alkanes of at least 4 members (excludes halogenated alkanes) is 2. The normalized spacial score (nSPS) is 10.3. The molecule has 0 aromatic carbocycles. The molecule has 0 aliphatic carbocycles. The smallest absolute Gasteiger partial charge is 0.306 e. The van der Waals surface area contributed by atoms with Gasteiger partial charge in [0.15, 0.2) is 0 Å². The molecule has 4 heteroatoms. The first kappa shape index (κ1) is 16.4. The van der Waals surface area contributed by atoms with Crippen LogP contribution in [0.4, 0.5) is 0 Å². The molecule has 0 rings (SSSR count). The van der Waals surface area contributed by atoms with Gasteiger partial charge in [0.05, 0.1) is 19.4 Å². The molecule has 0 saturated carbocycles. The molecule has 0 unspecified atom stereocenters. The van der Waals surface area contributed by atoms with E-state index in [1.165, 1.54) is 0 Å². The van der Waals surface area contributed by atoms with Crippen molar-refractivity contribution in [3.8, 4) is 0 Å². The zero-order valence-corrected chi connectivity index (χ0v) is 11.0. The summed E-state index contributed by atoms with van der Waals surface area (Å²) in [7, 11) is 0. The van der Waals surface area contributed by atoms with Crippen molar-refractivity contribution in [1.82, 2.24) is 0 Å².